The molecule has 1 fully saturated rings. The van der Waals surface area contributed by atoms with Gasteiger partial charge in [0.1, 0.15) is 0 Å². The first kappa shape index (κ1) is 16.3. The quantitative estimate of drug-likeness (QED) is 0.476. The van der Waals surface area contributed by atoms with E-state index in [9.17, 15) is 22.0 Å². The summed E-state index contributed by atoms with van der Waals surface area (Å²) < 4.78 is 68.3. The fraction of sp³-hybridized carbons (Fsp3) is 0.333. The molecule has 0 radical (unpaired) electrons. The van der Waals surface area contributed by atoms with Crippen LogP contribution < -0.4 is 10.2 Å². The van der Waals surface area contributed by atoms with Crippen LogP contribution in [-0.4, -0.2) is 25.7 Å². The van der Waals surface area contributed by atoms with Crippen molar-refractivity contribution in [2.45, 2.75) is 18.9 Å². The molecule has 2 nitrogen and oxygen atoms in total. The fourth-order valence-corrected chi connectivity index (χ4v) is 3.76. The molecule has 2 aromatic carbocycles. The third-order valence-corrected chi connectivity index (χ3v) is 4.97. The Morgan fingerprint density at radius 3 is 2.28 bits per heavy atom. The van der Waals surface area contributed by atoms with E-state index in [2.05, 4.69) is 10.2 Å². The molecule has 1 N–H and O–H groups in total. The first-order valence-electron chi connectivity index (χ1n) is 8.11. The maximum absolute atomic E-state index is 14.0. The van der Waals surface area contributed by atoms with E-state index >= 15 is 0 Å². The highest BCUT2D eigenvalue weighted by Gasteiger charge is 2.32. The largest absolute Gasteiger partial charge is 0.367 e. The second-order valence-electron chi connectivity index (χ2n) is 6.38. The van der Waals surface area contributed by atoms with Gasteiger partial charge in [-0.1, -0.05) is 6.07 Å². The van der Waals surface area contributed by atoms with Crippen LogP contribution in [0.5, 0.6) is 0 Å². The molecule has 1 saturated heterocycles. The van der Waals surface area contributed by atoms with Crippen molar-refractivity contribution in [1.29, 1.82) is 0 Å². The number of halogens is 5. The first-order chi connectivity index (χ1) is 12.0. The summed E-state index contributed by atoms with van der Waals surface area (Å²) in [6, 6.07) is 4.94. The topological polar surface area (TPSA) is 15.3 Å². The normalized spacial score (nSPS) is 19.6. The van der Waals surface area contributed by atoms with Gasteiger partial charge in [-0.25, -0.2) is 22.0 Å². The van der Waals surface area contributed by atoms with Crippen molar-refractivity contribution in [1.82, 2.24) is 5.32 Å². The summed E-state index contributed by atoms with van der Waals surface area (Å²) in [6.07, 6.45) is 1.63. The van der Waals surface area contributed by atoms with Crippen molar-refractivity contribution in [3.8, 4) is 11.1 Å². The van der Waals surface area contributed by atoms with Gasteiger partial charge in [-0.15, -0.1) is 0 Å². The van der Waals surface area contributed by atoms with Gasteiger partial charge in [-0.05, 0) is 42.6 Å². The maximum atomic E-state index is 14.0. The molecule has 7 heteroatoms. The number of fused-ring (bicyclic) bond motifs is 3. The lowest BCUT2D eigenvalue weighted by Crippen LogP contribution is -2.32. The van der Waals surface area contributed by atoms with Gasteiger partial charge in [0.15, 0.2) is 23.3 Å². The molecule has 132 valence electrons. The smallest absolute Gasteiger partial charge is 0.200 e. The summed E-state index contributed by atoms with van der Waals surface area (Å²) in [4.78, 5) is 2.23. The van der Waals surface area contributed by atoms with E-state index in [0.29, 0.717) is 6.42 Å². The van der Waals surface area contributed by atoms with Crippen molar-refractivity contribution in [2.75, 3.05) is 24.5 Å². The monoisotopic (exact) mass is 354 g/mol. The molecule has 0 bridgehead atoms. The Hall–Kier alpha value is -2.15. The second kappa shape index (κ2) is 5.98. The third-order valence-electron chi connectivity index (χ3n) is 4.97. The van der Waals surface area contributed by atoms with Crippen LogP contribution in [0.4, 0.5) is 27.6 Å². The van der Waals surface area contributed by atoms with Crippen LogP contribution in [0.2, 0.25) is 0 Å². The van der Waals surface area contributed by atoms with Crippen LogP contribution in [0, 0.1) is 29.1 Å². The molecule has 4 rings (SSSR count). The lowest BCUT2D eigenvalue weighted by Gasteiger charge is -2.24. The van der Waals surface area contributed by atoms with Crippen molar-refractivity contribution < 1.29 is 22.0 Å². The summed E-state index contributed by atoms with van der Waals surface area (Å²) in [5, 5.41) is 3.32. The van der Waals surface area contributed by atoms with E-state index in [1.807, 2.05) is 0 Å². The zero-order valence-electron chi connectivity index (χ0n) is 13.2. The number of rotatable bonds is 1. The Kier molecular flexibility index (Phi) is 3.91. The Labute approximate surface area is 141 Å². The van der Waals surface area contributed by atoms with Gasteiger partial charge in [0.25, 0.3) is 0 Å². The van der Waals surface area contributed by atoms with Crippen LogP contribution in [0.1, 0.15) is 12.0 Å². The Bertz CT molecular complexity index is 823. The molecule has 25 heavy (non-hydrogen) atoms. The number of hydrogen-bond acceptors (Lipinski definition) is 2. The summed E-state index contributed by atoms with van der Waals surface area (Å²) >= 11 is 0. The summed E-state index contributed by atoms with van der Waals surface area (Å²) in [5.41, 5.74) is 0.958. The van der Waals surface area contributed by atoms with Crippen LogP contribution in [0.3, 0.4) is 0 Å². The maximum Gasteiger partial charge on any atom is 0.200 e. The zero-order chi connectivity index (χ0) is 17.7. The summed E-state index contributed by atoms with van der Waals surface area (Å²) in [6.45, 7) is 2.55. The molecule has 0 saturated carbocycles. The van der Waals surface area contributed by atoms with Crippen molar-refractivity contribution in [3.05, 3.63) is 52.8 Å². The molecule has 1 atom stereocenters. The molecule has 0 amide bonds. The van der Waals surface area contributed by atoms with Gasteiger partial charge in [0.2, 0.25) is 5.82 Å². The summed E-state index contributed by atoms with van der Waals surface area (Å²) in [5.74, 6) is -9.58. The number of anilines is 1. The van der Waals surface area contributed by atoms with Crippen LogP contribution in [0.25, 0.3) is 11.1 Å². The number of benzene rings is 2. The standard InChI is InChI=1S/C18H15F5N2/c19-14-13(15(20)17(22)18(23)16(14)21)9-1-2-12-10(7-9)8-11-3-4-24-5-6-25(11)12/h1-2,7,11,24H,3-6,8H2. The van der Waals surface area contributed by atoms with E-state index in [1.165, 1.54) is 12.1 Å². The predicted octanol–water partition coefficient (Wildman–Crippen LogP) is 3.77. The SMILES string of the molecule is Fc1c(F)c(F)c(-c2ccc3c(c2)CC2CCNCCN32)c(F)c1F. The Morgan fingerprint density at radius 2 is 1.56 bits per heavy atom. The van der Waals surface area contributed by atoms with Crippen molar-refractivity contribution in [2.24, 2.45) is 0 Å². The van der Waals surface area contributed by atoms with E-state index in [0.717, 1.165) is 37.3 Å². The molecule has 2 aliphatic rings. The Morgan fingerprint density at radius 1 is 0.880 bits per heavy atom. The average molecular weight is 354 g/mol. The van der Waals surface area contributed by atoms with Crippen LogP contribution in [-0.2, 0) is 6.42 Å². The van der Waals surface area contributed by atoms with E-state index in [4.69, 9.17) is 0 Å². The van der Waals surface area contributed by atoms with Gasteiger partial charge < -0.3 is 10.2 Å². The lowest BCUT2D eigenvalue weighted by molar-refractivity contribution is 0.381. The zero-order valence-corrected chi connectivity index (χ0v) is 13.2. The third kappa shape index (κ3) is 2.49. The molecule has 2 aromatic rings. The fourth-order valence-electron chi connectivity index (χ4n) is 3.76. The van der Waals surface area contributed by atoms with E-state index < -0.39 is 34.6 Å². The second-order valence-corrected chi connectivity index (χ2v) is 6.38. The first-order valence-corrected chi connectivity index (χ1v) is 8.11. The number of hydrogen-bond donors (Lipinski definition) is 1. The molecule has 2 heterocycles. The van der Waals surface area contributed by atoms with E-state index in [-0.39, 0.29) is 11.6 Å². The number of nitrogens with zero attached hydrogens (tertiary/aromatic N) is 1. The van der Waals surface area contributed by atoms with Crippen molar-refractivity contribution in [3.63, 3.8) is 0 Å². The van der Waals surface area contributed by atoms with Gasteiger partial charge >= 0.3 is 0 Å². The lowest BCUT2D eigenvalue weighted by atomic mass is 9.99. The van der Waals surface area contributed by atoms with Crippen molar-refractivity contribution >= 4 is 5.69 Å². The molecule has 1 unspecified atom stereocenters. The van der Waals surface area contributed by atoms with Gasteiger partial charge in [-0.3, -0.25) is 0 Å². The Balaban J connectivity index is 1.81. The van der Waals surface area contributed by atoms with Gasteiger partial charge in [0.05, 0.1) is 5.56 Å². The molecule has 0 aliphatic carbocycles. The minimum atomic E-state index is -2.14. The minimum absolute atomic E-state index is 0.00216. The number of nitrogens with one attached hydrogen (secondary N) is 1. The summed E-state index contributed by atoms with van der Waals surface area (Å²) in [7, 11) is 0. The molecule has 2 aliphatic heterocycles. The van der Waals surface area contributed by atoms with E-state index in [1.54, 1.807) is 6.07 Å². The highest BCUT2D eigenvalue weighted by atomic mass is 19.2. The van der Waals surface area contributed by atoms with Gasteiger partial charge in [-0.2, -0.15) is 0 Å². The molecular weight excluding hydrogens is 339 g/mol. The van der Waals surface area contributed by atoms with Crippen LogP contribution >= 0.6 is 0 Å². The van der Waals surface area contributed by atoms with Gasteiger partial charge in [0, 0.05) is 24.8 Å². The molecule has 0 aromatic heterocycles. The highest BCUT2D eigenvalue weighted by molar-refractivity contribution is 5.72. The molecule has 0 spiro atoms. The minimum Gasteiger partial charge on any atom is -0.367 e. The highest BCUT2D eigenvalue weighted by Crippen LogP contribution is 2.38. The van der Waals surface area contributed by atoms with Crippen LogP contribution in [0.15, 0.2) is 18.2 Å². The predicted molar refractivity (Wildman–Crippen MR) is 84.0 cm³/mol. The average Bonchev–Trinajstić information content (AvgIpc) is 2.78. The molecular formula is C18H15F5N2.